The van der Waals surface area contributed by atoms with Gasteiger partial charge in [0.05, 0.1) is 6.07 Å². The predicted octanol–water partition coefficient (Wildman–Crippen LogP) is 3.61. The molecule has 0 aromatic heterocycles. The van der Waals surface area contributed by atoms with Crippen LogP contribution in [-0.2, 0) is 11.2 Å². The molecule has 1 saturated heterocycles. The van der Waals surface area contributed by atoms with Crippen molar-refractivity contribution >= 4 is 11.6 Å². The van der Waals surface area contributed by atoms with Crippen LogP contribution in [0.1, 0.15) is 25.8 Å². The van der Waals surface area contributed by atoms with Crippen LogP contribution >= 0.6 is 0 Å². The van der Waals surface area contributed by atoms with Gasteiger partial charge in [-0.15, -0.1) is 0 Å². The number of nitrogens with zero attached hydrogens (tertiary/aromatic N) is 2. The predicted molar refractivity (Wildman–Crippen MR) is 122 cm³/mol. The van der Waals surface area contributed by atoms with E-state index in [1.165, 1.54) is 16.8 Å². The zero-order valence-corrected chi connectivity index (χ0v) is 18.0. The molecule has 5 heteroatoms. The highest BCUT2D eigenvalue weighted by Crippen LogP contribution is 2.25. The number of carbonyl (C=O) groups excluding carboxylic acids is 1. The Morgan fingerprint density at radius 3 is 2.23 bits per heavy atom. The second kappa shape index (κ2) is 10.8. The highest BCUT2D eigenvalue weighted by molar-refractivity contribution is 5.79. The summed E-state index contributed by atoms with van der Waals surface area (Å²) in [5.74, 6) is 0.289. The molecule has 2 aromatic carbocycles. The average Bonchev–Trinajstić information content (AvgIpc) is 2.78. The molecule has 158 valence electrons. The molecule has 0 radical (unpaired) electrons. The lowest BCUT2D eigenvalue weighted by atomic mass is 9.89. The molecular weight excluding hydrogens is 372 g/mol. The molecule has 1 aliphatic heterocycles. The van der Waals surface area contributed by atoms with Gasteiger partial charge in [0.25, 0.3) is 0 Å². The summed E-state index contributed by atoms with van der Waals surface area (Å²) in [4.78, 5) is 14.8. The summed E-state index contributed by atoms with van der Waals surface area (Å²) in [5, 5.41) is 14.8. The summed E-state index contributed by atoms with van der Waals surface area (Å²) in [6.45, 7) is 8.48. The van der Waals surface area contributed by atoms with Gasteiger partial charge in [0.15, 0.2) is 0 Å². The number of nitriles is 1. The van der Waals surface area contributed by atoms with E-state index in [0.717, 1.165) is 38.2 Å². The summed E-state index contributed by atoms with van der Waals surface area (Å²) in [6.07, 6.45) is 1.50. The van der Waals surface area contributed by atoms with E-state index in [9.17, 15) is 4.79 Å². The van der Waals surface area contributed by atoms with Crippen molar-refractivity contribution in [1.82, 2.24) is 10.6 Å². The van der Waals surface area contributed by atoms with Gasteiger partial charge in [-0.05, 0) is 47.6 Å². The van der Waals surface area contributed by atoms with Gasteiger partial charge in [0.1, 0.15) is 6.54 Å². The molecule has 0 bridgehead atoms. The van der Waals surface area contributed by atoms with Crippen molar-refractivity contribution in [2.24, 2.45) is 11.8 Å². The Morgan fingerprint density at radius 2 is 1.67 bits per heavy atom. The highest BCUT2D eigenvalue weighted by atomic mass is 16.1. The van der Waals surface area contributed by atoms with Crippen molar-refractivity contribution in [3.63, 3.8) is 0 Å². The van der Waals surface area contributed by atoms with E-state index in [-0.39, 0.29) is 18.4 Å². The van der Waals surface area contributed by atoms with Gasteiger partial charge in [0, 0.05) is 37.8 Å². The standard InChI is InChI=1S/C25H32N4O/c1-19(2)17-23(25(30)28-12-11-26)18-20-3-5-21(6-4-20)22-7-9-24(10-8-22)29-15-13-27-14-16-29/h3-10,19,23,27H,12-18H2,1-2H3,(H,28,30). The van der Waals surface area contributed by atoms with Crippen molar-refractivity contribution in [3.8, 4) is 17.2 Å². The number of hydrogen-bond acceptors (Lipinski definition) is 4. The molecule has 5 nitrogen and oxygen atoms in total. The minimum atomic E-state index is -0.109. The number of piperazine rings is 1. The molecule has 0 aliphatic carbocycles. The first kappa shape index (κ1) is 21.9. The second-order valence-electron chi connectivity index (χ2n) is 8.39. The fraction of sp³-hybridized carbons (Fsp3) is 0.440. The van der Waals surface area contributed by atoms with Gasteiger partial charge in [0.2, 0.25) is 5.91 Å². The number of carbonyl (C=O) groups is 1. The van der Waals surface area contributed by atoms with Crippen LogP contribution in [0.5, 0.6) is 0 Å². The minimum absolute atomic E-state index is 0.0298. The maximum atomic E-state index is 12.4. The molecule has 1 aliphatic rings. The smallest absolute Gasteiger partial charge is 0.224 e. The zero-order chi connectivity index (χ0) is 21.3. The summed E-state index contributed by atoms with van der Waals surface area (Å²) in [7, 11) is 0. The molecule has 1 heterocycles. The van der Waals surface area contributed by atoms with Crippen LogP contribution in [0.4, 0.5) is 5.69 Å². The third kappa shape index (κ3) is 6.08. The lowest BCUT2D eigenvalue weighted by Gasteiger charge is -2.29. The van der Waals surface area contributed by atoms with Gasteiger partial charge in [-0.1, -0.05) is 50.2 Å². The van der Waals surface area contributed by atoms with E-state index >= 15 is 0 Å². The largest absolute Gasteiger partial charge is 0.369 e. The third-order valence-corrected chi connectivity index (χ3v) is 5.59. The van der Waals surface area contributed by atoms with Gasteiger partial charge >= 0.3 is 0 Å². The number of rotatable bonds is 8. The Hall–Kier alpha value is -2.84. The average molecular weight is 405 g/mol. The summed E-state index contributed by atoms with van der Waals surface area (Å²) in [6, 6.07) is 19.3. The molecule has 1 amide bonds. The minimum Gasteiger partial charge on any atom is -0.369 e. The maximum absolute atomic E-state index is 12.4. The lowest BCUT2D eigenvalue weighted by Crippen LogP contribution is -2.43. The van der Waals surface area contributed by atoms with Crippen LogP contribution in [0.3, 0.4) is 0 Å². The van der Waals surface area contributed by atoms with Crippen molar-refractivity contribution in [2.75, 3.05) is 37.6 Å². The van der Waals surface area contributed by atoms with Crippen molar-refractivity contribution < 1.29 is 4.79 Å². The Bertz CT molecular complexity index is 846. The fourth-order valence-electron chi connectivity index (χ4n) is 4.03. The van der Waals surface area contributed by atoms with Crippen LogP contribution in [-0.4, -0.2) is 38.6 Å². The monoisotopic (exact) mass is 404 g/mol. The number of hydrogen-bond donors (Lipinski definition) is 2. The first-order valence-electron chi connectivity index (χ1n) is 10.9. The summed E-state index contributed by atoms with van der Waals surface area (Å²) >= 11 is 0. The van der Waals surface area contributed by atoms with E-state index < -0.39 is 0 Å². The molecular formula is C25H32N4O. The van der Waals surface area contributed by atoms with E-state index in [1.807, 2.05) is 6.07 Å². The quantitative estimate of drug-likeness (QED) is 0.660. The SMILES string of the molecule is CC(C)CC(Cc1ccc(-c2ccc(N3CCNCC3)cc2)cc1)C(=O)NCC#N. The third-order valence-electron chi connectivity index (χ3n) is 5.59. The van der Waals surface area contributed by atoms with Gasteiger partial charge in [-0.25, -0.2) is 0 Å². The van der Waals surface area contributed by atoms with E-state index in [0.29, 0.717) is 12.3 Å². The van der Waals surface area contributed by atoms with Crippen LogP contribution in [0.2, 0.25) is 0 Å². The van der Waals surface area contributed by atoms with E-state index in [4.69, 9.17) is 5.26 Å². The van der Waals surface area contributed by atoms with Crippen molar-refractivity contribution in [2.45, 2.75) is 26.7 Å². The van der Waals surface area contributed by atoms with Gasteiger partial charge in [-0.2, -0.15) is 5.26 Å². The van der Waals surface area contributed by atoms with Crippen LogP contribution < -0.4 is 15.5 Å². The molecule has 30 heavy (non-hydrogen) atoms. The Labute approximate surface area is 180 Å². The van der Waals surface area contributed by atoms with E-state index in [1.54, 1.807) is 0 Å². The highest BCUT2D eigenvalue weighted by Gasteiger charge is 2.20. The van der Waals surface area contributed by atoms with E-state index in [2.05, 4.69) is 77.9 Å². The van der Waals surface area contributed by atoms with Crippen molar-refractivity contribution in [1.29, 1.82) is 5.26 Å². The summed E-state index contributed by atoms with van der Waals surface area (Å²) in [5.41, 5.74) is 4.80. The molecule has 0 spiro atoms. The fourth-order valence-corrected chi connectivity index (χ4v) is 4.03. The Morgan fingerprint density at radius 1 is 1.07 bits per heavy atom. The van der Waals surface area contributed by atoms with Crippen molar-refractivity contribution in [3.05, 3.63) is 54.1 Å². The first-order chi connectivity index (χ1) is 14.6. The van der Waals surface area contributed by atoms with Crippen LogP contribution in [0, 0.1) is 23.2 Å². The molecule has 1 unspecified atom stereocenters. The molecule has 1 atom stereocenters. The zero-order valence-electron chi connectivity index (χ0n) is 18.0. The molecule has 3 rings (SSSR count). The van der Waals surface area contributed by atoms with Crippen LogP contribution in [0.15, 0.2) is 48.5 Å². The topological polar surface area (TPSA) is 68.2 Å². The molecule has 1 fully saturated rings. The first-order valence-corrected chi connectivity index (χ1v) is 10.9. The molecule has 2 aromatic rings. The maximum Gasteiger partial charge on any atom is 0.224 e. The number of nitrogens with one attached hydrogen (secondary N) is 2. The van der Waals surface area contributed by atoms with Crippen LogP contribution in [0.25, 0.3) is 11.1 Å². The lowest BCUT2D eigenvalue weighted by molar-refractivity contribution is -0.125. The molecule has 0 saturated carbocycles. The van der Waals surface area contributed by atoms with Gasteiger partial charge < -0.3 is 15.5 Å². The summed E-state index contributed by atoms with van der Waals surface area (Å²) < 4.78 is 0. The second-order valence-corrected chi connectivity index (χ2v) is 8.39. The number of anilines is 1. The van der Waals surface area contributed by atoms with Gasteiger partial charge in [-0.3, -0.25) is 4.79 Å². The Kier molecular flexibility index (Phi) is 7.87. The number of amides is 1. The molecule has 2 N–H and O–H groups in total. The Balaban J connectivity index is 1.65. The number of benzene rings is 2. The normalized spacial score (nSPS) is 14.9.